The van der Waals surface area contributed by atoms with Crippen LogP contribution < -0.4 is 5.46 Å². The Morgan fingerprint density at radius 1 is 1.27 bits per heavy atom. The average Bonchev–Trinajstić information content (AvgIpc) is 3.09. The minimum absolute atomic E-state index is 0.259. The van der Waals surface area contributed by atoms with Crippen molar-refractivity contribution in [3.05, 3.63) is 36.1 Å². The SMILES string of the molecule is CCOC[C@@H]1CCCN1[C]c1cccc(B2OC(C)(C)C(C)(C)O2)c1F. The Morgan fingerprint density at radius 3 is 2.62 bits per heavy atom. The number of benzene rings is 1. The lowest BCUT2D eigenvalue weighted by Crippen LogP contribution is -2.41. The molecule has 0 unspecified atom stereocenters. The van der Waals surface area contributed by atoms with E-state index in [1.54, 1.807) is 12.1 Å². The van der Waals surface area contributed by atoms with Crippen molar-refractivity contribution in [3.63, 3.8) is 0 Å². The van der Waals surface area contributed by atoms with Crippen molar-refractivity contribution in [3.8, 4) is 0 Å². The largest absolute Gasteiger partial charge is 0.497 e. The third-order valence-electron chi connectivity index (χ3n) is 5.69. The van der Waals surface area contributed by atoms with Crippen molar-refractivity contribution in [1.29, 1.82) is 0 Å². The van der Waals surface area contributed by atoms with Gasteiger partial charge in [0.25, 0.3) is 0 Å². The lowest BCUT2D eigenvalue weighted by molar-refractivity contribution is 0.00578. The van der Waals surface area contributed by atoms with E-state index in [0.717, 1.165) is 19.4 Å². The van der Waals surface area contributed by atoms with Gasteiger partial charge in [-0.25, -0.2) is 4.39 Å². The molecule has 0 N–H and O–H groups in total. The summed E-state index contributed by atoms with van der Waals surface area (Å²) in [5, 5.41) is 0. The maximum Gasteiger partial charge on any atom is 0.497 e. The van der Waals surface area contributed by atoms with E-state index >= 15 is 4.39 Å². The van der Waals surface area contributed by atoms with E-state index < -0.39 is 18.3 Å². The van der Waals surface area contributed by atoms with Crippen molar-refractivity contribution >= 4 is 12.6 Å². The van der Waals surface area contributed by atoms with Crippen LogP contribution in [0.1, 0.15) is 53.0 Å². The van der Waals surface area contributed by atoms with Gasteiger partial charge in [-0.05, 0) is 54.0 Å². The second-order valence-electron chi connectivity index (χ2n) is 8.06. The highest BCUT2D eigenvalue weighted by Crippen LogP contribution is 2.36. The fraction of sp³-hybridized carbons (Fsp3) is 0.650. The zero-order valence-electron chi connectivity index (χ0n) is 16.5. The first kappa shape index (κ1) is 19.8. The van der Waals surface area contributed by atoms with Crippen molar-refractivity contribution < 1.29 is 18.4 Å². The third-order valence-corrected chi connectivity index (χ3v) is 5.69. The molecule has 2 aliphatic heterocycles. The Labute approximate surface area is 157 Å². The maximum atomic E-state index is 15.2. The van der Waals surface area contributed by atoms with Crippen LogP contribution in [-0.2, 0) is 14.0 Å². The van der Waals surface area contributed by atoms with Gasteiger partial charge in [0.1, 0.15) is 5.82 Å². The number of nitrogens with zero attached hydrogens (tertiary/aromatic N) is 1. The molecular formula is C20H29BFNO3. The summed E-state index contributed by atoms with van der Waals surface area (Å²) in [6.45, 7) is 15.3. The summed E-state index contributed by atoms with van der Waals surface area (Å²) >= 11 is 0. The molecule has 2 aliphatic rings. The molecule has 0 amide bonds. The summed E-state index contributed by atoms with van der Waals surface area (Å²) in [4.78, 5) is 2.07. The van der Waals surface area contributed by atoms with Gasteiger partial charge in [-0.2, -0.15) is 0 Å². The van der Waals surface area contributed by atoms with Crippen LogP contribution in [0.5, 0.6) is 0 Å². The minimum atomic E-state index is -0.709. The van der Waals surface area contributed by atoms with Crippen LogP contribution in [0.15, 0.2) is 18.2 Å². The monoisotopic (exact) mass is 361 g/mol. The molecule has 2 heterocycles. The molecule has 142 valence electrons. The molecule has 4 nitrogen and oxygen atoms in total. The third kappa shape index (κ3) is 3.84. The molecule has 6 heteroatoms. The smallest absolute Gasteiger partial charge is 0.399 e. The molecule has 0 aromatic heterocycles. The number of hydrogen-bond donors (Lipinski definition) is 0. The maximum absolute atomic E-state index is 15.2. The summed E-state index contributed by atoms with van der Waals surface area (Å²) < 4.78 is 32.7. The highest BCUT2D eigenvalue weighted by molar-refractivity contribution is 6.62. The predicted octanol–water partition coefficient (Wildman–Crippen LogP) is 3.01. The van der Waals surface area contributed by atoms with E-state index in [1.165, 1.54) is 0 Å². The average molecular weight is 361 g/mol. The second-order valence-corrected chi connectivity index (χ2v) is 8.06. The van der Waals surface area contributed by atoms with Gasteiger partial charge in [0.05, 0.1) is 24.4 Å². The van der Waals surface area contributed by atoms with Gasteiger partial charge in [0, 0.05) is 23.7 Å². The molecule has 1 aromatic carbocycles. The summed E-state index contributed by atoms with van der Waals surface area (Å²) in [6, 6.07) is 5.57. The number of ether oxygens (including phenoxy) is 1. The number of likely N-dealkylation sites (tertiary alicyclic amines) is 1. The molecule has 0 saturated carbocycles. The summed E-state index contributed by atoms with van der Waals surface area (Å²) in [5.41, 5.74) is -0.120. The van der Waals surface area contributed by atoms with Crippen molar-refractivity contribution in [2.45, 2.75) is 64.7 Å². The molecule has 2 saturated heterocycles. The molecule has 1 atom stereocenters. The van der Waals surface area contributed by atoms with Gasteiger partial charge in [0.15, 0.2) is 0 Å². The topological polar surface area (TPSA) is 30.9 Å². The minimum Gasteiger partial charge on any atom is -0.399 e. The van der Waals surface area contributed by atoms with E-state index in [9.17, 15) is 0 Å². The van der Waals surface area contributed by atoms with Crippen molar-refractivity contribution in [1.82, 2.24) is 4.90 Å². The fourth-order valence-electron chi connectivity index (χ4n) is 3.35. The van der Waals surface area contributed by atoms with Crippen LogP contribution in [0.4, 0.5) is 4.39 Å². The Morgan fingerprint density at radius 2 is 1.96 bits per heavy atom. The molecule has 3 rings (SSSR count). The molecule has 1 aromatic rings. The van der Waals surface area contributed by atoms with Crippen LogP contribution in [-0.4, -0.2) is 49.0 Å². The van der Waals surface area contributed by atoms with Gasteiger partial charge in [0.2, 0.25) is 0 Å². The summed E-state index contributed by atoms with van der Waals surface area (Å²) in [6.07, 6.45) is 2.12. The summed E-state index contributed by atoms with van der Waals surface area (Å²) in [5.74, 6) is -0.326. The van der Waals surface area contributed by atoms with Crippen LogP contribution in [0.25, 0.3) is 0 Å². The van der Waals surface area contributed by atoms with Crippen molar-refractivity contribution in [2.24, 2.45) is 0 Å². The van der Waals surface area contributed by atoms with Gasteiger partial charge < -0.3 is 14.0 Å². The van der Waals surface area contributed by atoms with E-state index in [-0.39, 0.29) is 11.9 Å². The van der Waals surface area contributed by atoms with Gasteiger partial charge in [-0.15, -0.1) is 0 Å². The Balaban J connectivity index is 1.76. The second kappa shape index (κ2) is 7.59. The molecule has 26 heavy (non-hydrogen) atoms. The predicted molar refractivity (Wildman–Crippen MR) is 101 cm³/mol. The lowest BCUT2D eigenvalue weighted by Gasteiger charge is -2.32. The van der Waals surface area contributed by atoms with E-state index in [4.69, 9.17) is 14.0 Å². The van der Waals surface area contributed by atoms with E-state index in [0.29, 0.717) is 24.2 Å². The lowest BCUT2D eigenvalue weighted by atomic mass is 9.77. The van der Waals surface area contributed by atoms with Crippen LogP contribution in [0, 0.1) is 12.4 Å². The van der Waals surface area contributed by atoms with Crippen LogP contribution in [0.3, 0.4) is 0 Å². The molecule has 0 aliphatic carbocycles. The fourth-order valence-corrected chi connectivity index (χ4v) is 3.35. The van der Waals surface area contributed by atoms with Gasteiger partial charge >= 0.3 is 7.12 Å². The quantitative estimate of drug-likeness (QED) is 0.729. The molecule has 0 spiro atoms. The van der Waals surface area contributed by atoms with Crippen LogP contribution in [0.2, 0.25) is 0 Å². The summed E-state index contributed by atoms with van der Waals surface area (Å²) in [7, 11) is -0.709. The number of halogens is 1. The van der Waals surface area contributed by atoms with Crippen LogP contribution >= 0.6 is 0 Å². The van der Waals surface area contributed by atoms with E-state index in [1.807, 2.05) is 40.7 Å². The van der Waals surface area contributed by atoms with E-state index in [2.05, 4.69) is 11.4 Å². The van der Waals surface area contributed by atoms with Gasteiger partial charge in [-0.3, -0.25) is 4.90 Å². The molecule has 2 radical (unpaired) electrons. The Bertz CT molecular complexity index is 621. The molecule has 2 fully saturated rings. The highest BCUT2D eigenvalue weighted by Gasteiger charge is 2.52. The normalized spacial score (nSPS) is 25.2. The first-order chi connectivity index (χ1) is 12.2. The van der Waals surface area contributed by atoms with Gasteiger partial charge in [-0.1, -0.05) is 18.2 Å². The highest BCUT2D eigenvalue weighted by atomic mass is 19.1. The standard InChI is InChI=1S/C20H29BFNO3/c1-6-24-14-16-10-8-12-23(16)13-15-9-7-11-17(18(15)22)21-25-19(2,3)20(4,5)26-21/h7,9,11,16H,6,8,10,12,14H2,1-5H3/t16-/m0/s1. The Hall–Kier alpha value is -0.945. The number of hydrogen-bond acceptors (Lipinski definition) is 4. The first-order valence-corrected chi connectivity index (χ1v) is 9.50. The Kier molecular flexibility index (Phi) is 5.78. The molecule has 0 bridgehead atoms. The zero-order valence-corrected chi connectivity index (χ0v) is 16.5. The van der Waals surface area contributed by atoms with Crippen molar-refractivity contribution in [2.75, 3.05) is 19.8 Å². The number of rotatable bonds is 6. The first-order valence-electron chi connectivity index (χ1n) is 9.50. The zero-order chi connectivity index (χ0) is 18.9. The molecular weight excluding hydrogens is 332 g/mol.